The SMILES string of the molecule is F[B-](F)(F)F.[CH3-].[CH3-].[CH3-].[CH3-].[U+4]. The largest absolute Gasteiger partial charge is 4.00 e. The topological polar surface area (TPSA) is 0 Å². The maximum atomic E-state index is 9.75. The van der Waals surface area contributed by atoms with Crippen molar-refractivity contribution in [2.75, 3.05) is 0 Å². The van der Waals surface area contributed by atoms with E-state index in [0.717, 1.165) is 0 Å². The van der Waals surface area contributed by atoms with Crippen molar-refractivity contribution in [2.24, 2.45) is 0 Å². The van der Waals surface area contributed by atoms with Crippen LogP contribution in [0.5, 0.6) is 0 Å². The zero-order valence-electron chi connectivity index (χ0n) is 6.59. The van der Waals surface area contributed by atoms with E-state index in [4.69, 9.17) is 0 Å². The van der Waals surface area contributed by atoms with E-state index >= 15 is 0 Å². The van der Waals surface area contributed by atoms with E-state index in [1.807, 2.05) is 0 Å². The van der Waals surface area contributed by atoms with Crippen molar-refractivity contribution in [3.05, 3.63) is 29.7 Å². The van der Waals surface area contributed by atoms with Crippen molar-refractivity contribution >= 4 is 7.25 Å². The minimum Gasteiger partial charge on any atom is -0.418 e. The average molecular weight is 385 g/mol. The fraction of sp³-hybridized carbons (Fsp3) is 0. The molecule has 0 nitrogen and oxygen atoms in total. The van der Waals surface area contributed by atoms with Gasteiger partial charge in [0, 0.05) is 0 Å². The molecule has 0 atom stereocenters. The van der Waals surface area contributed by atoms with Crippen molar-refractivity contribution in [1.29, 1.82) is 0 Å². The van der Waals surface area contributed by atoms with Crippen LogP contribution in [-0.2, 0) is 0 Å². The second kappa shape index (κ2) is 16.4. The molecule has 0 aromatic heterocycles. The Labute approximate surface area is 85.3 Å². The van der Waals surface area contributed by atoms with Crippen LogP contribution < -0.4 is 0 Å². The number of hydrogen-bond acceptors (Lipinski definition) is 0. The summed E-state index contributed by atoms with van der Waals surface area (Å²) >= 11 is 0. The molecule has 0 radical (unpaired) electrons. The first-order valence-corrected chi connectivity index (χ1v) is 0.873. The Morgan fingerprint density at radius 2 is 0.600 bits per heavy atom. The molecule has 0 heterocycles. The summed E-state index contributed by atoms with van der Waals surface area (Å²) in [5.41, 5.74) is 0. The Balaban J connectivity index is -0.00000000800. The molecular weight excluding hydrogens is 373 g/mol. The Morgan fingerprint density at radius 3 is 0.600 bits per heavy atom. The van der Waals surface area contributed by atoms with E-state index in [0.29, 0.717) is 0 Å². The number of halogens is 4. The smallest absolute Gasteiger partial charge is 0.418 e. The first-order chi connectivity index (χ1) is 2.00. The normalized spacial score (nSPS) is 6.00. The van der Waals surface area contributed by atoms with Crippen molar-refractivity contribution in [3.63, 3.8) is 0 Å². The fourth-order valence-corrected chi connectivity index (χ4v) is 0. The molecule has 0 aromatic rings. The molecule has 0 bridgehead atoms. The molecular formula is C4H12BF4U-. The molecule has 0 amide bonds. The van der Waals surface area contributed by atoms with Gasteiger partial charge in [0.05, 0.1) is 0 Å². The zero-order valence-corrected chi connectivity index (χ0v) is 10.8. The third kappa shape index (κ3) is 775. The van der Waals surface area contributed by atoms with E-state index < -0.39 is 7.25 Å². The Kier molecular flexibility index (Phi) is 73.7. The summed E-state index contributed by atoms with van der Waals surface area (Å²) in [5, 5.41) is 0. The minimum atomic E-state index is -6.00. The van der Waals surface area contributed by atoms with E-state index in [9.17, 15) is 17.3 Å². The van der Waals surface area contributed by atoms with Gasteiger partial charge >= 0.3 is 38.4 Å². The standard InChI is InChI=1S/4CH3.BF4.U/c;;;;2-1(3,4)5;/h4*1H3;;/q5*-1;+4. The van der Waals surface area contributed by atoms with Crippen LogP contribution in [0.4, 0.5) is 17.3 Å². The van der Waals surface area contributed by atoms with Gasteiger partial charge in [-0.2, -0.15) is 0 Å². The monoisotopic (exact) mass is 385 g/mol. The second-order valence-corrected chi connectivity index (χ2v) is 0.495. The van der Waals surface area contributed by atoms with Gasteiger partial charge in [-0.05, 0) is 0 Å². The molecule has 0 spiro atoms. The molecule has 0 aromatic carbocycles. The molecule has 0 saturated carbocycles. The quantitative estimate of drug-likeness (QED) is 0.342. The van der Waals surface area contributed by atoms with Crippen molar-refractivity contribution in [3.8, 4) is 0 Å². The van der Waals surface area contributed by atoms with Crippen LogP contribution in [0.25, 0.3) is 0 Å². The fourth-order valence-electron chi connectivity index (χ4n) is 0. The molecule has 10 heavy (non-hydrogen) atoms. The predicted octanol–water partition coefficient (Wildman–Crippen LogP) is 3.10. The van der Waals surface area contributed by atoms with Crippen molar-refractivity contribution in [1.82, 2.24) is 0 Å². The van der Waals surface area contributed by atoms with Crippen molar-refractivity contribution in [2.45, 2.75) is 0 Å². The molecule has 0 aliphatic carbocycles. The van der Waals surface area contributed by atoms with E-state index in [2.05, 4.69) is 0 Å². The van der Waals surface area contributed by atoms with Gasteiger partial charge in [0.2, 0.25) is 0 Å². The zero-order chi connectivity index (χ0) is 4.50. The predicted molar refractivity (Wildman–Crippen MR) is 35.8 cm³/mol. The third-order valence-electron chi connectivity index (χ3n) is 0. The van der Waals surface area contributed by atoms with E-state index in [1.54, 1.807) is 0 Å². The Bertz CT molecular complexity index is 32.7. The van der Waals surface area contributed by atoms with Crippen LogP contribution >= 0.6 is 0 Å². The molecule has 0 N–H and O–H groups in total. The molecule has 0 fully saturated rings. The van der Waals surface area contributed by atoms with Gasteiger partial charge in [-0.3, -0.25) is 0 Å². The minimum absolute atomic E-state index is 0. The van der Waals surface area contributed by atoms with E-state index in [1.165, 1.54) is 0 Å². The maximum absolute atomic E-state index is 9.75. The summed E-state index contributed by atoms with van der Waals surface area (Å²) in [7, 11) is -6.00. The average Bonchev–Trinajstić information content (AvgIpc) is 0.722. The van der Waals surface area contributed by atoms with Gasteiger partial charge in [-0.25, -0.2) is 0 Å². The molecule has 0 rings (SSSR count). The van der Waals surface area contributed by atoms with Crippen LogP contribution in [0.2, 0.25) is 0 Å². The molecule has 0 unspecified atom stereocenters. The number of rotatable bonds is 0. The van der Waals surface area contributed by atoms with Crippen LogP contribution in [0.15, 0.2) is 0 Å². The molecule has 6 heteroatoms. The number of hydrogen-bond donors (Lipinski definition) is 0. The summed E-state index contributed by atoms with van der Waals surface area (Å²) in [6, 6.07) is 0. The van der Waals surface area contributed by atoms with Crippen LogP contribution in [0.1, 0.15) is 0 Å². The summed E-state index contributed by atoms with van der Waals surface area (Å²) < 4.78 is 39.0. The first kappa shape index (κ1) is 44.8. The van der Waals surface area contributed by atoms with Gasteiger partial charge in [0.15, 0.2) is 0 Å². The van der Waals surface area contributed by atoms with Gasteiger partial charge in [0.25, 0.3) is 0 Å². The van der Waals surface area contributed by atoms with Gasteiger partial charge in [-0.1, -0.05) is 0 Å². The summed E-state index contributed by atoms with van der Waals surface area (Å²) in [5.74, 6) is 0. The van der Waals surface area contributed by atoms with Crippen LogP contribution in [-0.4, -0.2) is 7.25 Å². The van der Waals surface area contributed by atoms with Gasteiger partial charge in [-0.15, -0.1) is 0 Å². The Hall–Kier alpha value is 0.837. The molecule has 0 aliphatic rings. The van der Waals surface area contributed by atoms with Gasteiger partial charge in [0.1, 0.15) is 0 Å². The Morgan fingerprint density at radius 1 is 0.600 bits per heavy atom. The molecule has 0 saturated heterocycles. The molecule has 64 valence electrons. The summed E-state index contributed by atoms with van der Waals surface area (Å²) in [6.07, 6.45) is 0. The van der Waals surface area contributed by atoms with Crippen LogP contribution in [0, 0.1) is 60.8 Å². The van der Waals surface area contributed by atoms with Crippen LogP contribution in [0.3, 0.4) is 0 Å². The maximum Gasteiger partial charge on any atom is 4.00 e. The molecule has 0 aliphatic heterocycles. The van der Waals surface area contributed by atoms with Gasteiger partial charge < -0.3 is 47.0 Å². The summed E-state index contributed by atoms with van der Waals surface area (Å²) in [6.45, 7) is 0. The van der Waals surface area contributed by atoms with Crippen molar-refractivity contribution < 1.29 is 48.4 Å². The third-order valence-corrected chi connectivity index (χ3v) is 0. The first-order valence-electron chi connectivity index (χ1n) is 0.873. The van der Waals surface area contributed by atoms with E-state index in [-0.39, 0.29) is 60.8 Å². The summed E-state index contributed by atoms with van der Waals surface area (Å²) in [4.78, 5) is 0. The second-order valence-electron chi connectivity index (χ2n) is 0.495.